The second-order valence-corrected chi connectivity index (χ2v) is 4.00. The third-order valence-electron chi connectivity index (χ3n) is 2.92. The average Bonchev–Trinajstić information content (AvgIpc) is 2.14. The molecule has 0 amide bonds. The van der Waals surface area contributed by atoms with Crippen LogP contribution < -0.4 is 0 Å². The van der Waals surface area contributed by atoms with Gasteiger partial charge in [0.25, 0.3) is 0 Å². The van der Waals surface area contributed by atoms with E-state index in [4.69, 9.17) is 7.74 Å². The second-order valence-electron chi connectivity index (χ2n) is 4.00. The van der Waals surface area contributed by atoms with Crippen LogP contribution in [0.2, 0.25) is 5.82 Å². The normalized spacial score (nSPS) is 23.3. The summed E-state index contributed by atoms with van der Waals surface area (Å²) in [7, 11) is 7.51. The Morgan fingerprint density at radius 3 is 1.58 bits per heavy atom. The van der Waals surface area contributed by atoms with Crippen molar-refractivity contribution in [1.29, 1.82) is 0 Å². The zero-order chi connectivity index (χ0) is 8.65. The van der Waals surface area contributed by atoms with Gasteiger partial charge in [-0.15, -0.1) is 0 Å². The van der Waals surface area contributed by atoms with Gasteiger partial charge in [0.15, 0.2) is 0 Å². The molecular formula is C10H19B2. The fourth-order valence-electron chi connectivity index (χ4n) is 2.03. The standard InChI is InChI=1S/C10H19B2/c11-12-10-8-6-4-2-1-3-5-7-9-10/h10H,1-9H2. The predicted molar refractivity (Wildman–Crippen MR) is 56.8 cm³/mol. The Morgan fingerprint density at radius 1 is 0.750 bits per heavy atom. The molecule has 0 aromatic heterocycles. The molecular weight excluding hydrogens is 142 g/mol. The highest BCUT2D eigenvalue weighted by Crippen LogP contribution is 2.23. The summed E-state index contributed by atoms with van der Waals surface area (Å²) in [4.78, 5) is 0. The van der Waals surface area contributed by atoms with Crippen molar-refractivity contribution >= 4 is 14.9 Å². The van der Waals surface area contributed by atoms with Crippen LogP contribution in [0.25, 0.3) is 0 Å². The summed E-state index contributed by atoms with van der Waals surface area (Å²) in [5.74, 6) is 0.711. The van der Waals surface area contributed by atoms with Gasteiger partial charge in [-0.1, -0.05) is 63.6 Å². The first-order valence-electron chi connectivity index (χ1n) is 5.48. The Hall–Kier alpha value is 0.130. The van der Waals surface area contributed by atoms with Crippen LogP contribution in [-0.4, -0.2) is 14.9 Å². The Bertz CT molecular complexity index is 94.0. The molecule has 65 valence electrons. The zero-order valence-corrected chi connectivity index (χ0v) is 8.10. The van der Waals surface area contributed by atoms with Gasteiger partial charge in [-0.3, -0.25) is 0 Å². The molecule has 0 nitrogen and oxygen atoms in total. The molecule has 0 heterocycles. The van der Waals surface area contributed by atoms with Crippen LogP contribution in [0.1, 0.15) is 57.8 Å². The Labute approximate surface area is 79.1 Å². The maximum absolute atomic E-state index is 5.59. The number of hydrogen-bond donors (Lipinski definition) is 0. The molecule has 1 aliphatic carbocycles. The quantitative estimate of drug-likeness (QED) is 0.518. The lowest BCUT2D eigenvalue weighted by Gasteiger charge is -2.16. The van der Waals surface area contributed by atoms with Crippen molar-refractivity contribution in [2.24, 2.45) is 0 Å². The summed E-state index contributed by atoms with van der Waals surface area (Å²) in [5, 5.41) is 0. The predicted octanol–water partition coefficient (Wildman–Crippen LogP) is 3.09. The van der Waals surface area contributed by atoms with Crippen molar-refractivity contribution in [3.63, 3.8) is 0 Å². The molecule has 0 N–H and O–H groups in total. The van der Waals surface area contributed by atoms with Crippen molar-refractivity contribution in [2.75, 3.05) is 0 Å². The molecule has 0 aromatic rings. The molecule has 1 rings (SSSR count). The summed E-state index contributed by atoms with van der Waals surface area (Å²) in [5.41, 5.74) is 0. The highest BCUT2D eigenvalue weighted by molar-refractivity contribution is 6.90. The SMILES string of the molecule is [B][B]C1CCCCCCCCC1. The van der Waals surface area contributed by atoms with E-state index in [0.717, 1.165) is 0 Å². The van der Waals surface area contributed by atoms with Gasteiger partial charge < -0.3 is 0 Å². The van der Waals surface area contributed by atoms with Crippen LogP contribution in [0.4, 0.5) is 0 Å². The molecule has 2 heteroatoms. The molecule has 0 bridgehead atoms. The minimum absolute atomic E-state index is 0.711. The summed E-state index contributed by atoms with van der Waals surface area (Å²) in [6.45, 7) is 0. The van der Waals surface area contributed by atoms with Gasteiger partial charge in [0.2, 0.25) is 0 Å². The smallest absolute Gasteiger partial charge is 0.0587 e. The number of rotatable bonds is 1. The summed E-state index contributed by atoms with van der Waals surface area (Å²) < 4.78 is 0. The van der Waals surface area contributed by atoms with Crippen LogP contribution in [0.3, 0.4) is 0 Å². The Balaban J connectivity index is 2.17. The third-order valence-corrected chi connectivity index (χ3v) is 2.92. The lowest BCUT2D eigenvalue weighted by atomic mass is 9.45. The van der Waals surface area contributed by atoms with Gasteiger partial charge in [0.05, 0.1) is 7.17 Å². The van der Waals surface area contributed by atoms with E-state index in [9.17, 15) is 0 Å². The molecule has 1 aliphatic rings. The fourth-order valence-corrected chi connectivity index (χ4v) is 2.03. The van der Waals surface area contributed by atoms with Gasteiger partial charge in [0, 0.05) is 7.74 Å². The Morgan fingerprint density at radius 2 is 1.17 bits per heavy atom. The topological polar surface area (TPSA) is 0 Å². The van der Waals surface area contributed by atoms with Crippen molar-refractivity contribution in [3.8, 4) is 0 Å². The molecule has 0 spiro atoms. The van der Waals surface area contributed by atoms with E-state index in [2.05, 4.69) is 0 Å². The molecule has 0 atom stereocenters. The lowest BCUT2D eigenvalue weighted by Crippen LogP contribution is -2.04. The van der Waals surface area contributed by atoms with E-state index < -0.39 is 0 Å². The van der Waals surface area contributed by atoms with Crippen LogP contribution in [0, 0.1) is 0 Å². The first-order chi connectivity index (χ1) is 5.93. The number of hydrogen-bond acceptors (Lipinski definition) is 0. The maximum atomic E-state index is 5.59. The first-order valence-corrected chi connectivity index (χ1v) is 5.48. The van der Waals surface area contributed by atoms with E-state index in [-0.39, 0.29) is 0 Å². The van der Waals surface area contributed by atoms with E-state index >= 15 is 0 Å². The maximum Gasteiger partial charge on any atom is 0.0587 e. The van der Waals surface area contributed by atoms with E-state index in [1.165, 1.54) is 57.8 Å². The van der Waals surface area contributed by atoms with Gasteiger partial charge in [0.1, 0.15) is 0 Å². The molecule has 3 radical (unpaired) electrons. The van der Waals surface area contributed by atoms with Crippen molar-refractivity contribution in [1.82, 2.24) is 0 Å². The highest BCUT2D eigenvalue weighted by atomic mass is 14.1. The van der Waals surface area contributed by atoms with E-state index in [1.54, 1.807) is 0 Å². The van der Waals surface area contributed by atoms with Gasteiger partial charge in [-0.05, 0) is 0 Å². The molecule has 1 fully saturated rings. The summed E-state index contributed by atoms with van der Waals surface area (Å²) >= 11 is 0. The molecule has 12 heavy (non-hydrogen) atoms. The second kappa shape index (κ2) is 6.62. The highest BCUT2D eigenvalue weighted by Gasteiger charge is 2.07. The molecule has 0 aliphatic heterocycles. The van der Waals surface area contributed by atoms with Crippen LogP contribution in [0.15, 0.2) is 0 Å². The third kappa shape index (κ3) is 4.23. The van der Waals surface area contributed by atoms with Crippen molar-refractivity contribution < 1.29 is 0 Å². The monoisotopic (exact) mass is 161 g/mol. The minimum atomic E-state index is 0.711. The van der Waals surface area contributed by atoms with E-state index in [1.807, 2.05) is 7.17 Å². The van der Waals surface area contributed by atoms with Crippen LogP contribution in [0.5, 0.6) is 0 Å². The molecule has 0 aromatic carbocycles. The zero-order valence-electron chi connectivity index (χ0n) is 8.10. The Kier molecular flexibility index (Phi) is 5.64. The van der Waals surface area contributed by atoms with Crippen LogP contribution in [-0.2, 0) is 0 Å². The molecule has 1 saturated carbocycles. The first kappa shape index (κ1) is 10.2. The van der Waals surface area contributed by atoms with Gasteiger partial charge >= 0.3 is 0 Å². The van der Waals surface area contributed by atoms with Crippen LogP contribution >= 0.6 is 0 Å². The lowest BCUT2D eigenvalue weighted by molar-refractivity contribution is 0.503. The van der Waals surface area contributed by atoms with Crippen molar-refractivity contribution in [2.45, 2.75) is 63.6 Å². The van der Waals surface area contributed by atoms with E-state index in [0.29, 0.717) is 5.82 Å². The van der Waals surface area contributed by atoms with Gasteiger partial charge in [-0.2, -0.15) is 0 Å². The van der Waals surface area contributed by atoms with Crippen molar-refractivity contribution in [3.05, 3.63) is 0 Å². The average molecular weight is 161 g/mol. The summed E-state index contributed by atoms with van der Waals surface area (Å²) in [6.07, 6.45) is 12.6. The minimum Gasteiger partial charge on any atom is -0.0782 e. The largest absolute Gasteiger partial charge is 0.0782 e. The fraction of sp³-hybridized carbons (Fsp3) is 1.00. The molecule has 0 unspecified atom stereocenters. The summed E-state index contributed by atoms with van der Waals surface area (Å²) in [6, 6.07) is 0. The molecule has 0 saturated heterocycles. The van der Waals surface area contributed by atoms with Gasteiger partial charge in [-0.25, -0.2) is 0 Å².